The van der Waals surface area contributed by atoms with Crippen molar-refractivity contribution in [3.05, 3.63) is 65.2 Å². The molecule has 1 aromatic heterocycles. The van der Waals surface area contributed by atoms with Gasteiger partial charge < -0.3 is 15.2 Å². The van der Waals surface area contributed by atoms with Crippen LogP contribution in [0.3, 0.4) is 0 Å². The zero-order valence-corrected chi connectivity index (χ0v) is 19.4. The van der Waals surface area contributed by atoms with E-state index in [1.807, 2.05) is 24.3 Å². The molecule has 2 atom stereocenters. The first-order chi connectivity index (χ1) is 13.7. The Morgan fingerprint density at radius 1 is 1.07 bits per heavy atom. The van der Waals surface area contributed by atoms with Gasteiger partial charge in [-0.3, -0.25) is 4.90 Å². The molecule has 0 bridgehead atoms. The van der Waals surface area contributed by atoms with Gasteiger partial charge in [0.1, 0.15) is 16.5 Å². The second-order valence-corrected chi connectivity index (χ2v) is 7.94. The van der Waals surface area contributed by atoms with Crippen LogP contribution in [0.1, 0.15) is 17.2 Å². The molecule has 5 nitrogen and oxygen atoms in total. The number of likely N-dealkylation sites (tertiary alicyclic amines) is 1. The Balaban J connectivity index is 0.00000160. The molecular formula is C22H27Cl2N3O2S. The summed E-state index contributed by atoms with van der Waals surface area (Å²) in [6, 6.07) is 16.5. The van der Waals surface area contributed by atoms with Crippen molar-refractivity contribution >= 4 is 36.2 Å². The van der Waals surface area contributed by atoms with Crippen molar-refractivity contribution in [2.24, 2.45) is 5.73 Å². The Labute approximate surface area is 194 Å². The number of thiazole rings is 1. The van der Waals surface area contributed by atoms with Crippen LogP contribution in [0.5, 0.6) is 11.5 Å². The van der Waals surface area contributed by atoms with E-state index in [9.17, 15) is 0 Å². The topological polar surface area (TPSA) is 60.6 Å². The molecule has 1 saturated heterocycles. The average molecular weight is 468 g/mol. The molecule has 0 amide bonds. The molecule has 0 spiro atoms. The summed E-state index contributed by atoms with van der Waals surface area (Å²) >= 11 is 1.64. The number of nitrogens with two attached hydrogens (primary N) is 1. The zero-order valence-electron chi connectivity index (χ0n) is 17.0. The summed E-state index contributed by atoms with van der Waals surface area (Å²) < 4.78 is 10.8. The van der Waals surface area contributed by atoms with E-state index in [4.69, 9.17) is 20.2 Å². The van der Waals surface area contributed by atoms with Crippen LogP contribution in [-0.4, -0.2) is 43.2 Å². The first kappa shape index (κ1) is 24.4. The lowest BCUT2D eigenvalue weighted by molar-refractivity contribution is 0.320. The molecule has 30 heavy (non-hydrogen) atoms. The molecule has 2 heterocycles. The van der Waals surface area contributed by atoms with Gasteiger partial charge in [-0.2, -0.15) is 0 Å². The molecule has 162 valence electrons. The Kier molecular flexibility index (Phi) is 8.94. The minimum atomic E-state index is 0. The number of hydrogen-bond acceptors (Lipinski definition) is 6. The van der Waals surface area contributed by atoms with Crippen molar-refractivity contribution < 1.29 is 9.47 Å². The molecule has 2 N–H and O–H groups in total. The molecule has 8 heteroatoms. The third kappa shape index (κ3) is 5.25. The number of methoxy groups -OCH3 is 2. The second kappa shape index (κ2) is 11.0. The maximum Gasteiger partial charge on any atom is 0.132 e. The number of benzene rings is 2. The smallest absolute Gasteiger partial charge is 0.132 e. The lowest BCUT2D eigenvalue weighted by Crippen LogP contribution is -2.28. The van der Waals surface area contributed by atoms with E-state index in [0.717, 1.165) is 47.4 Å². The van der Waals surface area contributed by atoms with E-state index in [1.165, 1.54) is 5.56 Å². The fourth-order valence-corrected chi connectivity index (χ4v) is 4.64. The maximum atomic E-state index is 6.43. The van der Waals surface area contributed by atoms with Gasteiger partial charge in [0.05, 0.1) is 25.5 Å². The van der Waals surface area contributed by atoms with Gasteiger partial charge in [-0.25, -0.2) is 4.98 Å². The van der Waals surface area contributed by atoms with Gasteiger partial charge in [-0.1, -0.05) is 30.3 Å². The van der Waals surface area contributed by atoms with Gasteiger partial charge in [0.25, 0.3) is 0 Å². The zero-order chi connectivity index (χ0) is 19.5. The number of hydrogen-bond donors (Lipinski definition) is 1. The molecule has 2 aromatic carbocycles. The fraction of sp³-hybridized carbons (Fsp3) is 0.318. The summed E-state index contributed by atoms with van der Waals surface area (Å²) in [4.78, 5) is 7.24. The largest absolute Gasteiger partial charge is 0.497 e. The summed E-state index contributed by atoms with van der Waals surface area (Å²) in [6.07, 6.45) is 0. The van der Waals surface area contributed by atoms with E-state index in [-0.39, 0.29) is 30.9 Å². The highest BCUT2D eigenvalue weighted by molar-refractivity contribution is 7.13. The number of aromatic nitrogens is 1. The Morgan fingerprint density at radius 3 is 2.53 bits per heavy atom. The van der Waals surface area contributed by atoms with E-state index in [2.05, 4.69) is 34.5 Å². The van der Waals surface area contributed by atoms with Gasteiger partial charge in [0.15, 0.2) is 0 Å². The van der Waals surface area contributed by atoms with E-state index in [1.54, 1.807) is 25.6 Å². The second-order valence-electron chi connectivity index (χ2n) is 7.09. The van der Waals surface area contributed by atoms with Crippen LogP contribution in [0.4, 0.5) is 0 Å². The van der Waals surface area contributed by atoms with Crippen molar-refractivity contribution in [3.63, 3.8) is 0 Å². The summed E-state index contributed by atoms with van der Waals surface area (Å²) in [7, 11) is 3.32. The van der Waals surface area contributed by atoms with Gasteiger partial charge in [0.2, 0.25) is 0 Å². The van der Waals surface area contributed by atoms with E-state index in [0.29, 0.717) is 5.92 Å². The molecule has 3 aromatic rings. The lowest BCUT2D eigenvalue weighted by Gasteiger charge is -2.15. The van der Waals surface area contributed by atoms with E-state index < -0.39 is 0 Å². The predicted octanol–water partition coefficient (Wildman–Crippen LogP) is 4.60. The quantitative estimate of drug-likeness (QED) is 0.573. The van der Waals surface area contributed by atoms with Crippen molar-refractivity contribution in [2.75, 3.05) is 27.3 Å². The van der Waals surface area contributed by atoms with Gasteiger partial charge in [0, 0.05) is 43.0 Å². The summed E-state index contributed by atoms with van der Waals surface area (Å²) in [5.41, 5.74) is 9.80. The molecule has 0 unspecified atom stereocenters. The first-order valence-corrected chi connectivity index (χ1v) is 10.3. The molecular weight excluding hydrogens is 441 g/mol. The van der Waals surface area contributed by atoms with Crippen molar-refractivity contribution in [1.29, 1.82) is 0 Å². The average Bonchev–Trinajstić information content (AvgIpc) is 3.34. The van der Waals surface area contributed by atoms with Crippen LogP contribution >= 0.6 is 36.2 Å². The van der Waals surface area contributed by atoms with Crippen molar-refractivity contribution in [1.82, 2.24) is 9.88 Å². The highest BCUT2D eigenvalue weighted by Crippen LogP contribution is 2.35. The minimum Gasteiger partial charge on any atom is -0.497 e. The van der Waals surface area contributed by atoms with Gasteiger partial charge >= 0.3 is 0 Å². The summed E-state index contributed by atoms with van der Waals surface area (Å²) in [5.74, 6) is 1.92. The number of rotatable bonds is 6. The summed E-state index contributed by atoms with van der Waals surface area (Å²) in [5, 5.41) is 3.08. The predicted molar refractivity (Wildman–Crippen MR) is 128 cm³/mol. The highest BCUT2D eigenvalue weighted by Gasteiger charge is 2.31. The van der Waals surface area contributed by atoms with Gasteiger partial charge in [-0.15, -0.1) is 36.2 Å². The van der Waals surface area contributed by atoms with Crippen LogP contribution in [-0.2, 0) is 6.54 Å². The number of halogens is 2. The molecule has 4 rings (SSSR count). The highest BCUT2D eigenvalue weighted by atomic mass is 35.5. The SMILES string of the molecule is COc1ccc(-c2nc(CN3C[C@@H](N)[C@H](c4ccccc4)C3)cs2)c(OC)c1.Cl.Cl. The Hall–Kier alpha value is -1.83. The van der Waals surface area contributed by atoms with Crippen LogP contribution in [0.2, 0.25) is 0 Å². The Morgan fingerprint density at radius 2 is 1.83 bits per heavy atom. The first-order valence-electron chi connectivity index (χ1n) is 9.37. The lowest BCUT2D eigenvalue weighted by atomic mass is 9.95. The van der Waals surface area contributed by atoms with Crippen LogP contribution in [0.25, 0.3) is 10.6 Å². The molecule has 0 radical (unpaired) electrons. The Bertz CT molecular complexity index is 939. The molecule has 1 fully saturated rings. The molecule has 1 aliphatic rings. The molecule has 1 aliphatic heterocycles. The van der Waals surface area contributed by atoms with Gasteiger partial charge in [-0.05, 0) is 17.7 Å². The maximum absolute atomic E-state index is 6.43. The van der Waals surface area contributed by atoms with Crippen molar-refractivity contribution in [3.8, 4) is 22.1 Å². The summed E-state index contributed by atoms with van der Waals surface area (Å²) in [6.45, 7) is 2.66. The van der Waals surface area contributed by atoms with E-state index >= 15 is 0 Å². The number of ether oxygens (including phenoxy) is 2. The minimum absolute atomic E-state index is 0. The molecule has 0 saturated carbocycles. The molecule has 0 aliphatic carbocycles. The van der Waals surface area contributed by atoms with Crippen LogP contribution < -0.4 is 15.2 Å². The number of nitrogens with zero attached hydrogens (tertiary/aromatic N) is 2. The standard InChI is InChI=1S/C22H25N3O2S.2ClH/c1-26-17-8-9-18(21(10-17)27-2)22-24-16(14-28-22)11-25-12-19(20(23)13-25)15-6-4-3-5-7-15;;/h3-10,14,19-20H,11-13,23H2,1-2H3;2*1H/t19-,20+;;/m0../s1. The monoisotopic (exact) mass is 467 g/mol. The van der Waals surface area contributed by atoms with Crippen LogP contribution in [0.15, 0.2) is 53.9 Å². The van der Waals surface area contributed by atoms with Crippen LogP contribution in [0, 0.1) is 0 Å². The third-order valence-electron chi connectivity index (χ3n) is 5.24. The third-order valence-corrected chi connectivity index (χ3v) is 6.17. The normalized spacial score (nSPS) is 18.4. The van der Waals surface area contributed by atoms with Crippen molar-refractivity contribution in [2.45, 2.75) is 18.5 Å². The fourth-order valence-electron chi connectivity index (χ4n) is 3.80.